The Morgan fingerprint density at radius 3 is 2.05 bits per heavy atom. The fraction of sp³-hybridized carbons (Fsp3) is 0.533. The third kappa shape index (κ3) is 3.66. The van der Waals surface area contributed by atoms with Crippen molar-refractivity contribution in [3.8, 4) is 6.07 Å². The predicted molar refractivity (Wildman–Crippen MR) is 73.0 cm³/mol. The standard InChI is InChI=1S/C15H20F2N2/c1-4-11(5-2)10-19(6-3)15-13(16)7-12(9-18)8-14(15)17/h7-8,11H,4-6,10H2,1-3H3. The predicted octanol–water partition coefficient (Wildman–Crippen LogP) is 4.10. The molecule has 1 aromatic carbocycles. The van der Waals surface area contributed by atoms with Gasteiger partial charge < -0.3 is 4.90 Å². The molecule has 19 heavy (non-hydrogen) atoms. The maximum absolute atomic E-state index is 14.0. The molecule has 0 radical (unpaired) electrons. The van der Waals surface area contributed by atoms with Gasteiger partial charge in [-0.15, -0.1) is 0 Å². The lowest BCUT2D eigenvalue weighted by molar-refractivity contribution is 0.475. The van der Waals surface area contributed by atoms with Crippen LogP contribution in [0.4, 0.5) is 14.5 Å². The molecule has 0 spiro atoms. The Hall–Kier alpha value is -1.63. The highest BCUT2D eigenvalue weighted by Crippen LogP contribution is 2.26. The van der Waals surface area contributed by atoms with Crippen LogP contribution in [0.3, 0.4) is 0 Å². The number of hydrogen-bond donors (Lipinski definition) is 0. The molecule has 0 N–H and O–H groups in total. The van der Waals surface area contributed by atoms with Crippen molar-refractivity contribution in [3.63, 3.8) is 0 Å². The lowest BCUT2D eigenvalue weighted by atomic mass is 10.0. The van der Waals surface area contributed by atoms with Crippen molar-refractivity contribution < 1.29 is 8.78 Å². The fourth-order valence-corrected chi connectivity index (χ4v) is 2.17. The molecule has 0 saturated heterocycles. The summed E-state index contributed by atoms with van der Waals surface area (Å²) in [5.41, 5.74) is -0.00858. The number of nitriles is 1. The van der Waals surface area contributed by atoms with Crippen LogP contribution in [0.25, 0.3) is 0 Å². The first-order valence-electron chi connectivity index (χ1n) is 6.71. The molecule has 4 heteroatoms. The normalized spacial score (nSPS) is 10.6. The zero-order valence-corrected chi connectivity index (χ0v) is 11.7. The summed E-state index contributed by atoms with van der Waals surface area (Å²) in [6.45, 7) is 7.19. The largest absolute Gasteiger partial charge is 0.367 e. The average molecular weight is 266 g/mol. The minimum absolute atomic E-state index is 0.0114. The van der Waals surface area contributed by atoms with Crippen LogP contribution in [0.2, 0.25) is 0 Å². The van der Waals surface area contributed by atoms with Crippen LogP contribution in [-0.2, 0) is 0 Å². The first-order chi connectivity index (χ1) is 9.07. The summed E-state index contributed by atoms with van der Waals surface area (Å²) in [6, 6.07) is 3.94. The van der Waals surface area contributed by atoms with E-state index in [-0.39, 0.29) is 11.3 Å². The molecule has 0 fully saturated rings. The second-order valence-corrected chi connectivity index (χ2v) is 4.62. The van der Waals surface area contributed by atoms with Gasteiger partial charge in [-0.2, -0.15) is 5.26 Å². The quantitative estimate of drug-likeness (QED) is 0.775. The van der Waals surface area contributed by atoms with E-state index in [1.165, 1.54) is 0 Å². The summed E-state index contributed by atoms with van der Waals surface area (Å²) in [5, 5.41) is 8.70. The molecular formula is C15H20F2N2. The number of halogens is 2. The zero-order chi connectivity index (χ0) is 14.4. The number of hydrogen-bond acceptors (Lipinski definition) is 2. The number of benzene rings is 1. The monoisotopic (exact) mass is 266 g/mol. The van der Waals surface area contributed by atoms with E-state index in [1.807, 2.05) is 6.92 Å². The van der Waals surface area contributed by atoms with Gasteiger partial charge in [0, 0.05) is 13.1 Å². The van der Waals surface area contributed by atoms with Crippen molar-refractivity contribution in [2.24, 2.45) is 5.92 Å². The summed E-state index contributed by atoms with van der Waals surface area (Å²) in [6.07, 6.45) is 1.96. The van der Waals surface area contributed by atoms with Gasteiger partial charge in [0.1, 0.15) is 5.69 Å². The van der Waals surface area contributed by atoms with Crippen LogP contribution >= 0.6 is 0 Å². The number of anilines is 1. The van der Waals surface area contributed by atoms with Gasteiger partial charge in [-0.1, -0.05) is 26.7 Å². The van der Waals surface area contributed by atoms with Gasteiger partial charge >= 0.3 is 0 Å². The molecule has 0 bridgehead atoms. The van der Waals surface area contributed by atoms with E-state index in [0.29, 0.717) is 19.0 Å². The van der Waals surface area contributed by atoms with Crippen LogP contribution in [0.1, 0.15) is 39.2 Å². The molecule has 1 aromatic rings. The van der Waals surface area contributed by atoms with Gasteiger partial charge in [-0.25, -0.2) is 8.78 Å². The van der Waals surface area contributed by atoms with Crippen LogP contribution in [-0.4, -0.2) is 13.1 Å². The van der Waals surface area contributed by atoms with Gasteiger partial charge in [0.15, 0.2) is 11.6 Å². The van der Waals surface area contributed by atoms with Crippen molar-refractivity contribution in [1.29, 1.82) is 5.26 Å². The third-order valence-electron chi connectivity index (χ3n) is 3.48. The second-order valence-electron chi connectivity index (χ2n) is 4.62. The van der Waals surface area contributed by atoms with Crippen LogP contribution < -0.4 is 4.90 Å². The lowest BCUT2D eigenvalue weighted by Gasteiger charge is -2.28. The van der Waals surface area contributed by atoms with Crippen molar-refractivity contribution >= 4 is 5.69 Å². The Balaban J connectivity index is 3.08. The van der Waals surface area contributed by atoms with E-state index in [9.17, 15) is 8.78 Å². The summed E-state index contributed by atoms with van der Waals surface area (Å²) < 4.78 is 27.9. The SMILES string of the molecule is CCC(CC)CN(CC)c1c(F)cc(C#N)cc1F. The van der Waals surface area contributed by atoms with Gasteiger partial charge in [0.2, 0.25) is 0 Å². The first kappa shape index (κ1) is 15.4. The highest BCUT2D eigenvalue weighted by Gasteiger charge is 2.19. The van der Waals surface area contributed by atoms with Crippen molar-refractivity contribution in [1.82, 2.24) is 0 Å². The molecule has 0 aliphatic rings. The zero-order valence-electron chi connectivity index (χ0n) is 11.7. The first-order valence-corrected chi connectivity index (χ1v) is 6.71. The summed E-state index contributed by atoms with van der Waals surface area (Å²) in [4.78, 5) is 1.71. The van der Waals surface area contributed by atoms with Crippen molar-refractivity contribution in [3.05, 3.63) is 29.3 Å². The molecule has 0 unspecified atom stereocenters. The highest BCUT2D eigenvalue weighted by molar-refractivity contribution is 5.52. The average Bonchev–Trinajstić information content (AvgIpc) is 2.41. The molecule has 0 heterocycles. The fourth-order valence-electron chi connectivity index (χ4n) is 2.17. The molecule has 104 valence electrons. The van der Waals surface area contributed by atoms with Crippen molar-refractivity contribution in [2.75, 3.05) is 18.0 Å². The Kier molecular flexibility index (Phi) is 5.75. The maximum atomic E-state index is 14.0. The molecule has 0 amide bonds. The Bertz CT molecular complexity index is 439. The molecule has 0 aliphatic carbocycles. The Morgan fingerprint density at radius 2 is 1.68 bits per heavy atom. The molecule has 2 nitrogen and oxygen atoms in total. The summed E-state index contributed by atoms with van der Waals surface area (Å²) >= 11 is 0. The smallest absolute Gasteiger partial charge is 0.150 e. The van der Waals surface area contributed by atoms with Crippen LogP contribution in [0.5, 0.6) is 0 Å². The van der Waals surface area contributed by atoms with Gasteiger partial charge in [0.25, 0.3) is 0 Å². The molecule has 0 aliphatic heterocycles. The van der Waals surface area contributed by atoms with E-state index in [0.717, 1.165) is 25.0 Å². The van der Waals surface area contributed by atoms with Crippen LogP contribution in [0.15, 0.2) is 12.1 Å². The molecular weight excluding hydrogens is 246 g/mol. The van der Waals surface area contributed by atoms with E-state index >= 15 is 0 Å². The number of nitrogens with zero attached hydrogens (tertiary/aromatic N) is 2. The van der Waals surface area contributed by atoms with Gasteiger partial charge in [-0.3, -0.25) is 0 Å². The highest BCUT2D eigenvalue weighted by atomic mass is 19.1. The minimum Gasteiger partial charge on any atom is -0.367 e. The summed E-state index contributed by atoms with van der Waals surface area (Å²) in [5.74, 6) is -0.914. The molecule has 0 aromatic heterocycles. The van der Waals surface area contributed by atoms with Gasteiger partial charge in [0.05, 0.1) is 11.6 Å². The summed E-state index contributed by atoms with van der Waals surface area (Å²) in [7, 11) is 0. The maximum Gasteiger partial charge on any atom is 0.150 e. The van der Waals surface area contributed by atoms with E-state index in [1.54, 1.807) is 11.0 Å². The minimum atomic E-state index is -0.663. The van der Waals surface area contributed by atoms with E-state index < -0.39 is 11.6 Å². The van der Waals surface area contributed by atoms with E-state index in [4.69, 9.17) is 5.26 Å². The van der Waals surface area contributed by atoms with Gasteiger partial charge in [-0.05, 0) is 25.0 Å². The van der Waals surface area contributed by atoms with Crippen LogP contribution in [0, 0.1) is 28.9 Å². The Morgan fingerprint density at radius 1 is 1.16 bits per heavy atom. The molecule has 0 atom stereocenters. The molecule has 1 rings (SSSR count). The Labute approximate surface area is 113 Å². The lowest BCUT2D eigenvalue weighted by Crippen LogP contribution is -2.30. The number of rotatable bonds is 6. The third-order valence-corrected chi connectivity index (χ3v) is 3.48. The molecule has 0 saturated carbocycles. The second kappa shape index (κ2) is 7.08. The van der Waals surface area contributed by atoms with Crippen molar-refractivity contribution in [2.45, 2.75) is 33.6 Å². The van der Waals surface area contributed by atoms with E-state index in [2.05, 4.69) is 13.8 Å². The topological polar surface area (TPSA) is 27.0 Å².